The molecule has 0 saturated heterocycles. The molecule has 0 aromatic heterocycles. The zero-order valence-corrected chi connectivity index (χ0v) is 11.9. The summed E-state index contributed by atoms with van der Waals surface area (Å²) in [7, 11) is 3.53. The van der Waals surface area contributed by atoms with Gasteiger partial charge in [-0.25, -0.2) is 0 Å². The van der Waals surface area contributed by atoms with Gasteiger partial charge in [0.25, 0.3) is 0 Å². The average Bonchev–Trinajstić information content (AvgIpc) is 2.45. The van der Waals surface area contributed by atoms with E-state index in [1.807, 2.05) is 0 Å². The number of aryl methyl sites for hydroxylation is 1. The maximum Gasteiger partial charge on any atom is 0.306 e. The molecule has 1 aromatic rings. The lowest BCUT2D eigenvalue weighted by molar-refractivity contribution is -0.140. The molecule has 0 N–H and O–H groups in total. The highest BCUT2D eigenvalue weighted by Gasteiger charge is 2.21. The molecule has 1 unspecified atom stereocenters. The lowest BCUT2D eigenvalue weighted by Crippen LogP contribution is -2.29. The van der Waals surface area contributed by atoms with E-state index >= 15 is 0 Å². The van der Waals surface area contributed by atoms with Crippen LogP contribution in [0.4, 0.5) is 0 Å². The van der Waals surface area contributed by atoms with Crippen molar-refractivity contribution in [3.05, 3.63) is 35.4 Å². The van der Waals surface area contributed by atoms with Crippen molar-refractivity contribution in [2.45, 2.75) is 31.6 Å². The van der Waals surface area contributed by atoms with Crippen LogP contribution in [0.15, 0.2) is 24.3 Å². The van der Waals surface area contributed by atoms with Gasteiger partial charge in [-0.2, -0.15) is 0 Å². The first-order chi connectivity index (χ1) is 9.20. The summed E-state index contributed by atoms with van der Waals surface area (Å²) in [4.78, 5) is 13.4. The molecule has 1 aliphatic rings. The van der Waals surface area contributed by atoms with Crippen LogP contribution in [-0.2, 0) is 16.0 Å². The number of hydrogen-bond acceptors (Lipinski definition) is 3. The molecule has 0 fully saturated rings. The summed E-state index contributed by atoms with van der Waals surface area (Å²) >= 11 is 0. The van der Waals surface area contributed by atoms with Crippen LogP contribution in [0.1, 0.15) is 36.3 Å². The first-order valence-electron chi connectivity index (χ1n) is 7.04. The Hall–Kier alpha value is -1.35. The number of carbonyl (C=O) groups is 1. The normalized spacial score (nSPS) is 18.2. The minimum Gasteiger partial charge on any atom is -0.469 e. The molecule has 19 heavy (non-hydrogen) atoms. The number of fused-ring (bicyclic) bond motifs is 1. The zero-order chi connectivity index (χ0) is 13.7. The fourth-order valence-corrected chi connectivity index (χ4v) is 2.90. The van der Waals surface area contributed by atoms with Gasteiger partial charge in [-0.05, 0) is 43.4 Å². The fourth-order valence-electron chi connectivity index (χ4n) is 2.90. The predicted octanol–water partition coefficient (Wildman–Crippen LogP) is 2.60. The molecule has 0 saturated carbocycles. The third-order valence-electron chi connectivity index (χ3n) is 3.95. The third kappa shape index (κ3) is 3.80. The Bertz CT molecular complexity index is 431. The van der Waals surface area contributed by atoms with Gasteiger partial charge in [-0.15, -0.1) is 0 Å². The highest BCUT2D eigenvalue weighted by molar-refractivity contribution is 5.69. The van der Waals surface area contributed by atoms with Gasteiger partial charge >= 0.3 is 5.97 Å². The molecular formula is C16H23NO2. The first kappa shape index (κ1) is 14.1. The van der Waals surface area contributed by atoms with Crippen molar-refractivity contribution in [1.82, 2.24) is 4.90 Å². The molecule has 2 rings (SSSR count). The topological polar surface area (TPSA) is 29.5 Å². The number of rotatable bonds is 5. The summed E-state index contributed by atoms with van der Waals surface area (Å²) in [5.41, 5.74) is 3.00. The summed E-state index contributed by atoms with van der Waals surface area (Å²) < 4.78 is 4.68. The highest BCUT2D eigenvalue weighted by Crippen LogP contribution is 2.31. The molecule has 0 radical (unpaired) electrons. The fraction of sp³-hybridized carbons (Fsp3) is 0.562. The lowest BCUT2D eigenvalue weighted by atomic mass is 9.82. The van der Waals surface area contributed by atoms with E-state index in [0.717, 1.165) is 13.1 Å². The van der Waals surface area contributed by atoms with Crippen molar-refractivity contribution in [1.29, 1.82) is 0 Å². The van der Waals surface area contributed by atoms with E-state index in [1.165, 1.54) is 37.5 Å². The summed E-state index contributed by atoms with van der Waals surface area (Å²) in [5, 5.41) is 0. The van der Waals surface area contributed by atoms with Gasteiger partial charge in [0, 0.05) is 13.1 Å². The van der Waals surface area contributed by atoms with Crippen molar-refractivity contribution < 1.29 is 9.53 Å². The zero-order valence-electron chi connectivity index (χ0n) is 11.9. The monoisotopic (exact) mass is 261 g/mol. The molecular weight excluding hydrogens is 238 g/mol. The van der Waals surface area contributed by atoms with Crippen LogP contribution < -0.4 is 0 Å². The van der Waals surface area contributed by atoms with Gasteiger partial charge in [-0.3, -0.25) is 4.79 Å². The SMILES string of the molecule is COC(=O)CCN(C)CC1CCCc2ccccc21. The Labute approximate surface area is 115 Å². The van der Waals surface area contributed by atoms with E-state index in [2.05, 4.69) is 40.9 Å². The number of esters is 1. The number of ether oxygens (including phenoxy) is 1. The summed E-state index contributed by atoms with van der Waals surface area (Å²) in [6.07, 6.45) is 4.20. The second-order valence-corrected chi connectivity index (χ2v) is 5.38. The minimum absolute atomic E-state index is 0.129. The number of hydrogen-bond donors (Lipinski definition) is 0. The number of nitrogens with zero attached hydrogens (tertiary/aromatic N) is 1. The minimum atomic E-state index is -0.129. The standard InChI is InChI=1S/C16H23NO2/c1-17(11-10-16(18)19-2)12-14-8-5-7-13-6-3-4-9-15(13)14/h3-4,6,9,14H,5,7-8,10-12H2,1-2H3. The van der Waals surface area contributed by atoms with Crippen LogP contribution in [0.2, 0.25) is 0 Å². The van der Waals surface area contributed by atoms with Crippen LogP contribution in [0.3, 0.4) is 0 Å². The van der Waals surface area contributed by atoms with E-state index in [0.29, 0.717) is 12.3 Å². The number of likely N-dealkylation sites (N-methyl/N-ethyl adjacent to an activating group) is 1. The van der Waals surface area contributed by atoms with Crippen molar-refractivity contribution in [2.75, 3.05) is 27.2 Å². The van der Waals surface area contributed by atoms with Crippen molar-refractivity contribution in [3.8, 4) is 0 Å². The molecule has 3 heteroatoms. The molecule has 0 bridgehead atoms. The van der Waals surface area contributed by atoms with Gasteiger partial charge in [0.2, 0.25) is 0 Å². The third-order valence-corrected chi connectivity index (χ3v) is 3.95. The average molecular weight is 261 g/mol. The second-order valence-electron chi connectivity index (χ2n) is 5.38. The Morgan fingerprint density at radius 2 is 2.21 bits per heavy atom. The van der Waals surface area contributed by atoms with Crippen molar-refractivity contribution in [2.24, 2.45) is 0 Å². The highest BCUT2D eigenvalue weighted by atomic mass is 16.5. The molecule has 1 atom stereocenters. The van der Waals surface area contributed by atoms with Gasteiger partial charge in [0.05, 0.1) is 13.5 Å². The van der Waals surface area contributed by atoms with Crippen LogP contribution in [0.5, 0.6) is 0 Å². The molecule has 1 aliphatic carbocycles. The molecule has 0 aliphatic heterocycles. The van der Waals surface area contributed by atoms with E-state index in [4.69, 9.17) is 0 Å². The Balaban J connectivity index is 1.91. The smallest absolute Gasteiger partial charge is 0.306 e. The maximum atomic E-state index is 11.2. The van der Waals surface area contributed by atoms with Crippen molar-refractivity contribution >= 4 is 5.97 Å². The second kappa shape index (κ2) is 6.71. The van der Waals surface area contributed by atoms with Gasteiger partial charge in [0.1, 0.15) is 0 Å². The maximum absolute atomic E-state index is 11.2. The number of methoxy groups -OCH3 is 1. The molecule has 1 aromatic carbocycles. The Morgan fingerprint density at radius 1 is 1.42 bits per heavy atom. The van der Waals surface area contributed by atoms with Crippen LogP contribution in [-0.4, -0.2) is 38.1 Å². The van der Waals surface area contributed by atoms with E-state index < -0.39 is 0 Å². The first-order valence-corrected chi connectivity index (χ1v) is 7.04. The largest absolute Gasteiger partial charge is 0.469 e. The van der Waals surface area contributed by atoms with Gasteiger partial charge in [-0.1, -0.05) is 24.3 Å². The molecule has 0 spiro atoms. The van der Waals surface area contributed by atoms with Crippen LogP contribution >= 0.6 is 0 Å². The van der Waals surface area contributed by atoms with Crippen LogP contribution in [0, 0.1) is 0 Å². The lowest BCUT2D eigenvalue weighted by Gasteiger charge is -2.29. The van der Waals surface area contributed by atoms with Gasteiger partial charge < -0.3 is 9.64 Å². The van der Waals surface area contributed by atoms with E-state index in [-0.39, 0.29) is 5.97 Å². The molecule has 3 nitrogen and oxygen atoms in total. The quantitative estimate of drug-likeness (QED) is 0.763. The van der Waals surface area contributed by atoms with E-state index in [1.54, 1.807) is 0 Å². The van der Waals surface area contributed by atoms with Gasteiger partial charge in [0.15, 0.2) is 0 Å². The molecule has 104 valence electrons. The summed E-state index contributed by atoms with van der Waals surface area (Å²) in [5.74, 6) is 0.475. The summed E-state index contributed by atoms with van der Waals surface area (Å²) in [6, 6.07) is 8.76. The molecule has 0 amide bonds. The number of benzene rings is 1. The summed E-state index contributed by atoms with van der Waals surface area (Å²) in [6.45, 7) is 1.79. The number of carbonyl (C=O) groups excluding carboxylic acids is 1. The van der Waals surface area contributed by atoms with E-state index in [9.17, 15) is 4.79 Å². The predicted molar refractivity (Wildman–Crippen MR) is 76.3 cm³/mol. The molecule has 0 heterocycles. The van der Waals surface area contributed by atoms with Crippen molar-refractivity contribution in [3.63, 3.8) is 0 Å². The Morgan fingerprint density at radius 3 is 3.00 bits per heavy atom. The Kier molecular flexibility index (Phi) is 4.97. The van der Waals surface area contributed by atoms with Crippen LogP contribution in [0.25, 0.3) is 0 Å².